The lowest BCUT2D eigenvalue weighted by Crippen LogP contribution is -2.25. The second kappa shape index (κ2) is 12.1. The number of ether oxygens (including phenoxy) is 2. The summed E-state index contributed by atoms with van der Waals surface area (Å²) in [6.07, 6.45) is 5.99. The molecule has 0 atom stereocenters. The molecule has 0 spiro atoms. The van der Waals surface area contributed by atoms with E-state index in [0.717, 1.165) is 41.1 Å². The number of anilines is 1. The van der Waals surface area contributed by atoms with Crippen molar-refractivity contribution in [2.24, 2.45) is 0 Å². The molecule has 1 aromatic carbocycles. The van der Waals surface area contributed by atoms with Crippen molar-refractivity contribution >= 4 is 40.6 Å². The van der Waals surface area contributed by atoms with Crippen LogP contribution >= 0.6 is 11.8 Å². The van der Waals surface area contributed by atoms with Gasteiger partial charge in [0.05, 0.1) is 32.3 Å². The van der Waals surface area contributed by atoms with Gasteiger partial charge in [-0.2, -0.15) is 5.10 Å². The highest BCUT2D eigenvalue weighted by molar-refractivity contribution is 7.99. The van der Waals surface area contributed by atoms with Gasteiger partial charge in [-0.1, -0.05) is 31.7 Å². The average Bonchev–Trinajstić information content (AvgIpc) is 3.24. The van der Waals surface area contributed by atoms with E-state index in [4.69, 9.17) is 9.47 Å². The topological polar surface area (TPSA) is 103 Å². The van der Waals surface area contributed by atoms with Gasteiger partial charge < -0.3 is 20.1 Å². The van der Waals surface area contributed by atoms with Gasteiger partial charge in [0.25, 0.3) is 0 Å². The third-order valence-electron chi connectivity index (χ3n) is 4.75. The lowest BCUT2D eigenvalue weighted by atomic mass is 10.2. The summed E-state index contributed by atoms with van der Waals surface area (Å²) in [7, 11) is 3.16. The van der Waals surface area contributed by atoms with E-state index >= 15 is 0 Å². The van der Waals surface area contributed by atoms with E-state index in [0.29, 0.717) is 29.7 Å². The van der Waals surface area contributed by atoms with E-state index in [-0.39, 0.29) is 5.91 Å². The Morgan fingerprint density at radius 2 is 1.97 bits per heavy atom. The molecule has 2 heterocycles. The van der Waals surface area contributed by atoms with Crippen molar-refractivity contribution in [3.8, 4) is 11.5 Å². The number of thioether (sulfide) groups is 1. The highest BCUT2D eigenvalue weighted by Gasteiger charge is 2.13. The number of methoxy groups -OCH3 is 2. The fourth-order valence-corrected chi connectivity index (χ4v) is 3.71. The number of rotatable bonds is 12. The van der Waals surface area contributed by atoms with Gasteiger partial charge in [-0.25, -0.2) is 14.6 Å². The number of hydrogen-bond acceptors (Lipinski definition) is 8. The first-order chi connectivity index (χ1) is 16.1. The number of nitrogens with zero attached hydrogens (tertiary/aromatic N) is 4. The first kappa shape index (κ1) is 24.4. The highest BCUT2D eigenvalue weighted by Crippen LogP contribution is 2.28. The van der Waals surface area contributed by atoms with E-state index in [2.05, 4.69) is 39.5 Å². The SMILES string of the molecule is CCCNc1nc(SCC)nc2c1cnn2CCNC(=O)/C=C/c1ccc(OC)c(OC)c1. The maximum absolute atomic E-state index is 12.3. The quantitative estimate of drug-likeness (QED) is 0.235. The normalized spacial score (nSPS) is 11.2. The Labute approximate surface area is 198 Å². The summed E-state index contributed by atoms with van der Waals surface area (Å²) in [6.45, 7) is 5.93. The summed E-state index contributed by atoms with van der Waals surface area (Å²) in [5, 5.41) is 12.3. The van der Waals surface area contributed by atoms with Crippen LogP contribution in [0.3, 0.4) is 0 Å². The molecule has 0 aliphatic rings. The standard InChI is InChI=1S/C23H30N6O3S/c1-5-11-25-21-17-15-26-29(22(17)28-23(27-21)33-6-2)13-12-24-20(30)10-8-16-7-9-18(31-3)19(14-16)32-4/h7-10,14-15H,5-6,11-13H2,1-4H3,(H,24,30)(H,25,27,28)/b10-8+. The van der Waals surface area contributed by atoms with Crippen molar-refractivity contribution in [1.29, 1.82) is 0 Å². The van der Waals surface area contributed by atoms with Crippen LogP contribution in [-0.2, 0) is 11.3 Å². The first-order valence-electron chi connectivity index (χ1n) is 10.9. The van der Waals surface area contributed by atoms with Crippen LogP contribution in [0.25, 0.3) is 17.1 Å². The van der Waals surface area contributed by atoms with Crippen molar-refractivity contribution < 1.29 is 14.3 Å². The third-order valence-corrected chi connectivity index (χ3v) is 5.48. The molecule has 3 aromatic rings. The summed E-state index contributed by atoms with van der Waals surface area (Å²) in [4.78, 5) is 21.6. The molecule has 0 saturated carbocycles. The Morgan fingerprint density at radius 1 is 1.15 bits per heavy atom. The number of amides is 1. The molecule has 0 bridgehead atoms. The summed E-state index contributed by atoms with van der Waals surface area (Å²) >= 11 is 1.59. The third kappa shape index (κ3) is 6.38. The van der Waals surface area contributed by atoms with Crippen molar-refractivity contribution in [2.75, 3.05) is 38.4 Å². The van der Waals surface area contributed by atoms with Crippen LogP contribution in [0, 0.1) is 0 Å². The Balaban J connectivity index is 1.64. The second-order valence-electron chi connectivity index (χ2n) is 7.06. The molecule has 9 nitrogen and oxygen atoms in total. The molecule has 0 saturated heterocycles. The molecule has 10 heteroatoms. The van der Waals surface area contributed by atoms with Gasteiger partial charge in [0.1, 0.15) is 5.82 Å². The number of carbonyl (C=O) groups is 1. The van der Waals surface area contributed by atoms with Crippen molar-refractivity contribution in [1.82, 2.24) is 25.1 Å². The molecule has 3 rings (SSSR count). The largest absolute Gasteiger partial charge is 0.493 e. The molecule has 0 aliphatic carbocycles. The second-order valence-corrected chi connectivity index (χ2v) is 8.29. The van der Waals surface area contributed by atoms with Crippen LogP contribution in [0.4, 0.5) is 5.82 Å². The van der Waals surface area contributed by atoms with E-state index in [1.807, 2.05) is 12.1 Å². The zero-order chi connectivity index (χ0) is 23.6. The zero-order valence-electron chi connectivity index (χ0n) is 19.4. The number of benzene rings is 1. The molecular weight excluding hydrogens is 440 g/mol. The van der Waals surface area contributed by atoms with E-state index in [1.165, 1.54) is 6.08 Å². The van der Waals surface area contributed by atoms with Crippen LogP contribution in [0.1, 0.15) is 25.8 Å². The number of carbonyl (C=O) groups excluding carboxylic acids is 1. The molecule has 0 radical (unpaired) electrons. The zero-order valence-corrected chi connectivity index (χ0v) is 20.2. The lowest BCUT2D eigenvalue weighted by Gasteiger charge is -2.09. The smallest absolute Gasteiger partial charge is 0.244 e. The number of nitrogens with one attached hydrogen (secondary N) is 2. The summed E-state index contributed by atoms with van der Waals surface area (Å²) in [6, 6.07) is 5.47. The Morgan fingerprint density at radius 3 is 2.70 bits per heavy atom. The fourth-order valence-electron chi connectivity index (χ4n) is 3.14. The van der Waals surface area contributed by atoms with Crippen LogP contribution in [0.5, 0.6) is 11.5 Å². The van der Waals surface area contributed by atoms with Crippen LogP contribution in [0.15, 0.2) is 35.6 Å². The minimum atomic E-state index is -0.191. The molecular formula is C23H30N6O3S. The maximum atomic E-state index is 12.3. The first-order valence-corrected chi connectivity index (χ1v) is 11.9. The number of hydrogen-bond donors (Lipinski definition) is 2. The molecule has 0 fully saturated rings. The number of fused-ring (bicyclic) bond motifs is 1. The van der Waals surface area contributed by atoms with E-state index < -0.39 is 0 Å². The highest BCUT2D eigenvalue weighted by atomic mass is 32.2. The minimum Gasteiger partial charge on any atom is -0.493 e. The number of aromatic nitrogens is 4. The van der Waals surface area contributed by atoms with E-state index in [9.17, 15) is 4.79 Å². The van der Waals surface area contributed by atoms with Crippen molar-refractivity contribution in [3.05, 3.63) is 36.0 Å². The molecule has 176 valence electrons. The minimum absolute atomic E-state index is 0.191. The predicted molar refractivity (Wildman–Crippen MR) is 132 cm³/mol. The predicted octanol–water partition coefficient (Wildman–Crippen LogP) is 3.61. The van der Waals surface area contributed by atoms with Crippen molar-refractivity contribution in [2.45, 2.75) is 32.0 Å². The molecule has 0 unspecified atom stereocenters. The van der Waals surface area contributed by atoms with E-state index in [1.54, 1.807) is 49.0 Å². The Bertz CT molecular complexity index is 1120. The monoisotopic (exact) mass is 470 g/mol. The Kier molecular flexibility index (Phi) is 8.94. The average molecular weight is 471 g/mol. The molecule has 2 N–H and O–H groups in total. The molecule has 33 heavy (non-hydrogen) atoms. The van der Waals surface area contributed by atoms with Gasteiger partial charge in [-0.05, 0) is 35.9 Å². The summed E-state index contributed by atoms with van der Waals surface area (Å²) < 4.78 is 12.3. The molecule has 0 aliphatic heterocycles. The van der Waals surface area contributed by atoms with Gasteiger partial charge in [0.15, 0.2) is 22.3 Å². The van der Waals surface area contributed by atoms with Gasteiger partial charge in [-0.15, -0.1) is 0 Å². The lowest BCUT2D eigenvalue weighted by molar-refractivity contribution is -0.116. The van der Waals surface area contributed by atoms with Gasteiger partial charge in [-0.3, -0.25) is 4.79 Å². The van der Waals surface area contributed by atoms with Gasteiger partial charge in [0, 0.05) is 19.2 Å². The molecule has 1 amide bonds. The fraction of sp³-hybridized carbons (Fsp3) is 0.391. The van der Waals surface area contributed by atoms with Gasteiger partial charge >= 0.3 is 0 Å². The maximum Gasteiger partial charge on any atom is 0.244 e. The van der Waals surface area contributed by atoms with Crippen LogP contribution in [-0.4, -0.2) is 58.7 Å². The van der Waals surface area contributed by atoms with Crippen LogP contribution in [0.2, 0.25) is 0 Å². The molecule has 2 aromatic heterocycles. The van der Waals surface area contributed by atoms with Crippen molar-refractivity contribution in [3.63, 3.8) is 0 Å². The Hall–Kier alpha value is -3.27. The summed E-state index contributed by atoms with van der Waals surface area (Å²) in [5.41, 5.74) is 1.60. The summed E-state index contributed by atoms with van der Waals surface area (Å²) in [5.74, 6) is 2.74. The van der Waals surface area contributed by atoms with Gasteiger partial charge in [0.2, 0.25) is 5.91 Å². The van der Waals surface area contributed by atoms with Crippen LogP contribution < -0.4 is 20.1 Å².